The maximum Gasteiger partial charge on any atom is 0.335 e. The number of rotatable bonds is 5. The van der Waals surface area contributed by atoms with Crippen LogP contribution in [0.2, 0.25) is 0 Å². The van der Waals surface area contributed by atoms with Crippen LogP contribution in [0.1, 0.15) is 10.4 Å². The van der Waals surface area contributed by atoms with Gasteiger partial charge < -0.3 is 15.3 Å². The Hall–Kier alpha value is -1.89. The van der Waals surface area contributed by atoms with Crippen molar-refractivity contribution < 1.29 is 18.9 Å². The van der Waals surface area contributed by atoms with Crippen molar-refractivity contribution >= 4 is 22.8 Å². The Bertz CT molecular complexity index is 515. The summed E-state index contributed by atoms with van der Waals surface area (Å²) < 4.78 is 12.0. The molecule has 2 rings (SSSR count). The molecule has 7 heteroatoms. The molecule has 1 aromatic rings. The third-order valence-electron chi connectivity index (χ3n) is 2.86. The first-order valence-corrected chi connectivity index (χ1v) is 7.14. The van der Waals surface area contributed by atoms with Gasteiger partial charge in [0.1, 0.15) is 0 Å². The number of hydrogen-bond acceptors (Lipinski definition) is 3. The number of carbonyl (C=O) groups is 2. The van der Waals surface area contributed by atoms with Crippen LogP contribution in [0.4, 0.5) is 4.79 Å². The molecule has 0 bridgehead atoms. The number of urea groups is 1. The summed E-state index contributed by atoms with van der Waals surface area (Å²) >= 11 is 0. The number of nitrogens with zero attached hydrogens (tertiary/aromatic N) is 1. The van der Waals surface area contributed by atoms with Gasteiger partial charge in [-0.05, 0) is 24.3 Å². The molecule has 1 unspecified atom stereocenters. The summed E-state index contributed by atoms with van der Waals surface area (Å²) in [6.07, 6.45) is 0. The van der Waals surface area contributed by atoms with Gasteiger partial charge in [0.15, 0.2) is 0 Å². The molecule has 1 heterocycles. The second-order valence-electron chi connectivity index (χ2n) is 4.10. The van der Waals surface area contributed by atoms with E-state index >= 15 is 0 Å². The van der Waals surface area contributed by atoms with Crippen LogP contribution in [0.25, 0.3) is 0 Å². The molecule has 1 fully saturated rings. The maximum atomic E-state index is 12.0. The molecule has 1 aliphatic heterocycles. The summed E-state index contributed by atoms with van der Waals surface area (Å²) in [5, 5.41) is 11.4. The first-order chi connectivity index (χ1) is 9.08. The second-order valence-corrected chi connectivity index (χ2v) is 5.67. The molecule has 0 aromatic heterocycles. The van der Waals surface area contributed by atoms with Crippen LogP contribution >= 0.6 is 0 Å². The molecule has 0 spiro atoms. The zero-order valence-electron chi connectivity index (χ0n) is 10.2. The highest BCUT2D eigenvalue weighted by Gasteiger charge is 2.19. The van der Waals surface area contributed by atoms with E-state index in [2.05, 4.69) is 5.32 Å². The number of amides is 2. The number of carboxylic acids is 1. The average molecular weight is 282 g/mol. The first kappa shape index (κ1) is 13.5. The van der Waals surface area contributed by atoms with Gasteiger partial charge in [-0.3, -0.25) is 4.21 Å². The summed E-state index contributed by atoms with van der Waals surface area (Å²) in [5.41, 5.74) is 0.166. The van der Waals surface area contributed by atoms with E-state index in [0.717, 1.165) is 0 Å². The molecule has 1 aromatic carbocycles. The van der Waals surface area contributed by atoms with Crippen LogP contribution in [0.3, 0.4) is 0 Å². The summed E-state index contributed by atoms with van der Waals surface area (Å²) in [4.78, 5) is 24.2. The van der Waals surface area contributed by atoms with Gasteiger partial charge in [-0.15, -0.1) is 0 Å². The highest BCUT2D eigenvalue weighted by Crippen LogP contribution is 2.10. The van der Waals surface area contributed by atoms with Gasteiger partial charge in [0.2, 0.25) is 0 Å². The summed E-state index contributed by atoms with van der Waals surface area (Å²) in [7, 11) is -1.23. The Kier molecular flexibility index (Phi) is 4.16. The van der Waals surface area contributed by atoms with Crippen LogP contribution in [0.5, 0.6) is 0 Å². The molecule has 0 saturated carbocycles. The molecule has 0 radical (unpaired) electrons. The van der Waals surface area contributed by atoms with Gasteiger partial charge in [0, 0.05) is 30.3 Å². The number of hydrogen-bond donors (Lipinski definition) is 2. The molecule has 1 saturated heterocycles. The Balaban J connectivity index is 1.92. The molecular formula is C12H14N2O4S. The number of carboxylic acid groups (broad SMARTS) is 1. The monoisotopic (exact) mass is 282 g/mol. The lowest BCUT2D eigenvalue weighted by molar-refractivity contribution is 0.0696. The molecule has 2 amide bonds. The van der Waals surface area contributed by atoms with Crippen LogP contribution in [0.15, 0.2) is 29.2 Å². The average Bonchev–Trinajstić information content (AvgIpc) is 2.81. The van der Waals surface area contributed by atoms with Crippen molar-refractivity contribution in [2.24, 2.45) is 0 Å². The van der Waals surface area contributed by atoms with Crippen molar-refractivity contribution in [1.29, 1.82) is 0 Å². The van der Waals surface area contributed by atoms with E-state index in [9.17, 15) is 13.8 Å². The van der Waals surface area contributed by atoms with E-state index < -0.39 is 16.8 Å². The van der Waals surface area contributed by atoms with Gasteiger partial charge in [-0.25, -0.2) is 9.59 Å². The molecular weight excluding hydrogens is 268 g/mol. The zero-order valence-corrected chi connectivity index (χ0v) is 11.0. The highest BCUT2D eigenvalue weighted by molar-refractivity contribution is 7.85. The van der Waals surface area contributed by atoms with Crippen molar-refractivity contribution in [2.45, 2.75) is 4.90 Å². The van der Waals surface area contributed by atoms with Crippen LogP contribution in [0, 0.1) is 0 Å². The molecule has 6 nitrogen and oxygen atoms in total. The Morgan fingerprint density at radius 2 is 2.05 bits per heavy atom. The van der Waals surface area contributed by atoms with E-state index in [0.29, 0.717) is 30.3 Å². The van der Waals surface area contributed by atoms with Crippen molar-refractivity contribution in [2.75, 3.05) is 25.4 Å². The topological polar surface area (TPSA) is 86.7 Å². The van der Waals surface area contributed by atoms with Crippen molar-refractivity contribution in [3.8, 4) is 0 Å². The Morgan fingerprint density at radius 1 is 1.37 bits per heavy atom. The van der Waals surface area contributed by atoms with E-state index in [-0.39, 0.29) is 11.6 Å². The lowest BCUT2D eigenvalue weighted by atomic mass is 10.2. The van der Waals surface area contributed by atoms with Crippen LogP contribution < -0.4 is 5.32 Å². The van der Waals surface area contributed by atoms with Crippen LogP contribution in [-0.2, 0) is 10.8 Å². The molecule has 0 aliphatic carbocycles. The minimum absolute atomic E-state index is 0.127. The van der Waals surface area contributed by atoms with Gasteiger partial charge in [-0.2, -0.15) is 0 Å². The van der Waals surface area contributed by atoms with E-state index in [1.807, 2.05) is 0 Å². The first-order valence-electron chi connectivity index (χ1n) is 5.82. The molecule has 102 valence electrons. The maximum absolute atomic E-state index is 12.0. The molecule has 2 N–H and O–H groups in total. The van der Waals surface area contributed by atoms with Crippen molar-refractivity contribution in [3.63, 3.8) is 0 Å². The predicted octanol–water partition coefficient (Wildman–Crippen LogP) is 0.518. The summed E-state index contributed by atoms with van der Waals surface area (Å²) in [5.74, 6) is -0.661. The standard InChI is InChI=1S/C12H14N2O4S/c15-11(16)9-1-3-10(4-2-9)19(18)8-7-14-6-5-13-12(14)17/h1-4H,5-8H2,(H,13,17)(H,15,16). The number of nitrogens with one attached hydrogen (secondary N) is 1. The minimum Gasteiger partial charge on any atom is -0.478 e. The fraction of sp³-hybridized carbons (Fsp3) is 0.333. The van der Waals surface area contributed by atoms with Gasteiger partial charge in [0.05, 0.1) is 16.4 Å². The van der Waals surface area contributed by atoms with E-state index in [1.165, 1.54) is 12.1 Å². The van der Waals surface area contributed by atoms with E-state index in [4.69, 9.17) is 5.11 Å². The van der Waals surface area contributed by atoms with Gasteiger partial charge in [0.25, 0.3) is 0 Å². The van der Waals surface area contributed by atoms with Crippen molar-refractivity contribution in [3.05, 3.63) is 29.8 Å². The predicted molar refractivity (Wildman–Crippen MR) is 69.6 cm³/mol. The smallest absolute Gasteiger partial charge is 0.335 e. The minimum atomic E-state index is -1.23. The SMILES string of the molecule is O=C(O)c1ccc(S(=O)CCN2CCNC2=O)cc1. The second kappa shape index (κ2) is 5.83. The van der Waals surface area contributed by atoms with Gasteiger partial charge >= 0.3 is 12.0 Å². The third kappa shape index (κ3) is 3.31. The fourth-order valence-electron chi connectivity index (χ4n) is 1.78. The Morgan fingerprint density at radius 3 is 2.58 bits per heavy atom. The summed E-state index contributed by atoms with van der Waals surface area (Å²) in [6.45, 7) is 1.69. The lowest BCUT2D eigenvalue weighted by Gasteiger charge is -2.13. The number of benzene rings is 1. The lowest BCUT2D eigenvalue weighted by Crippen LogP contribution is -2.31. The molecule has 1 atom stereocenters. The molecule has 1 aliphatic rings. The molecule has 19 heavy (non-hydrogen) atoms. The highest BCUT2D eigenvalue weighted by atomic mass is 32.2. The third-order valence-corrected chi connectivity index (χ3v) is 4.21. The largest absolute Gasteiger partial charge is 0.478 e. The van der Waals surface area contributed by atoms with Gasteiger partial charge in [-0.1, -0.05) is 0 Å². The summed E-state index contributed by atoms with van der Waals surface area (Å²) in [6, 6.07) is 5.82. The fourth-order valence-corrected chi connectivity index (χ4v) is 2.85. The van der Waals surface area contributed by atoms with E-state index in [1.54, 1.807) is 17.0 Å². The number of aromatic carboxylic acids is 1. The Labute approximate surface area is 112 Å². The normalized spacial score (nSPS) is 16.2. The number of carbonyl (C=O) groups excluding carboxylic acids is 1. The van der Waals surface area contributed by atoms with Crippen LogP contribution in [-0.4, -0.2) is 51.6 Å². The van der Waals surface area contributed by atoms with Crippen molar-refractivity contribution in [1.82, 2.24) is 10.2 Å². The quantitative estimate of drug-likeness (QED) is 0.824. The zero-order chi connectivity index (χ0) is 13.8.